The zero-order chi connectivity index (χ0) is 31.5. The lowest BCUT2D eigenvalue weighted by atomic mass is 9.80. The number of rotatable bonds is 5. The van der Waals surface area contributed by atoms with Gasteiger partial charge >= 0.3 is 7.12 Å². The number of aromatic nitrogens is 1. The van der Waals surface area contributed by atoms with E-state index >= 15 is 0 Å². The monoisotopic (exact) mass is 629 g/mol. The summed E-state index contributed by atoms with van der Waals surface area (Å²) in [6.45, 7) is 0.749. The lowest BCUT2D eigenvalue weighted by molar-refractivity contribution is 0.426. The molecule has 5 nitrogen and oxygen atoms in total. The summed E-state index contributed by atoms with van der Waals surface area (Å²) >= 11 is 1.93. The predicted molar refractivity (Wildman–Crippen MR) is 198 cm³/mol. The fourth-order valence-corrected chi connectivity index (χ4v) is 9.28. The van der Waals surface area contributed by atoms with E-state index in [1.807, 2.05) is 36.0 Å². The largest absolute Gasteiger partial charge is 0.488 e. The van der Waals surface area contributed by atoms with Crippen LogP contribution in [0.4, 0.5) is 11.4 Å². The topological polar surface area (TPSA) is 51.9 Å². The first-order valence-electron chi connectivity index (χ1n) is 16.0. The van der Waals surface area contributed by atoms with Gasteiger partial charge in [0.1, 0.15) is 0 Å². The maximum Gasteiger partial charge on any atom is 0.488 e. The van der Waals surface area contributed by atoms with Crippen molar-refractivity contribution in [2.24, 2.45) is 0 Å². The standard InChI is InChI=1S/C40H32BN3O2S/c45-41(46)30-20-22-36-34(25-30)33-24-29(28-12-4-1-5-13-28)19-21-35(33)44(36)39-26-38-40(47-39)23-11-10-18-37(40)42(31-14-6-2-7-15-31)27-43(38)32-16-8-3-9-17-32/h1-26,37-38,45-46H,27H2. The van der Waals surface area contributed by atoms with Gasteiger partial charge in [-0.15, -0.1) is 0 Å². The Balaban J connectivity index is 1.25. The normalized spacial score (nSPS) is 21.6. The molecule has 0 amide bonds. The van der Waals surface area contributed by atoms with Crippen molar-refractivity contribution in [3.8, 4) is 11.1 Å². The van der Waals surface area contributed by atoms with Crippen molar-refractivity contribution in [2.45, 2.75) is 16.8 Å². The highest BCUT2D eigenvalue weighted by atomic mass is 32.2. The molecule has 1 aliphatic carbocycles. The average Bonchev–Trinajstić information content (AvgIpc) is 3.66. The molecule has 3 atom stereocenters. The molecule has 5 aromatic carbocycles. The summed E-state index contributed by atoms with van der Waals surface area (Å²) < 4.78 is 2.09. The summed E-state index contributed by atoms with van der Waals surface area (Å²) in [5.41, 5.74) is 7.28. The van der Waals surface area contributed by atoms with Crippen molar-refractivity contribution in [3.63, 3.8) is 0 Å². The first-order valence-corrected chi connectivity index (χ1v) is 16.8. The van der Waals surface area contributed by atoms with Crippen LogP contribution in [0.2, 0.25) is 0 Å². The Bertz CT molecular complexity index is 2210. The molecular weight excluding hydrogens is 597 g/mol. The Hall–Kier alpha value is -4.95. The molecule has 1 fully saturated rings. The molecule has 1 aromatic heterocycles. The van der Waals surface area contributed by atoms with E-state index in [9.17, 15) is 10.0 Å². The molecule has 1 spiro atoms. The number of allylic oxidation sites excluding steroid dienone is 2. The minimum Gasteiger partial charge on any atom is -0.423 e. The van der Waals surface area contributed by atoms with Crippen molar-refractivity contribution < 1.29 is 10.0 Å². The van der Waals surface area contributed by atoms with Crippen molar-refractivity contribution in [1.82, 2.24) is 4.57 Å². The molecule has 0 saturated carbocycles. The van der Waals surface area contributed by atoms with Crippen LogP contribution in [0.15, 0.2) is 158 Å². The molecule has 7 heteroatoms. The number of para-hydroxylation sites is 2. The minimum absolute atomic E-state index is 0.0886. The third-order valence-electron chi connectivity index (χ3n) is 9.83. The predicted octanol–water partition coefficient (Wildman–Crippen LogP) is 7.27. The molecule has 3 heterocycles. The zero-order valence-electron chi connectivity index (χ0n) is 25.6. The molecule has 3 aliphatic rings. The van der Waals surface area contributed by atoms with Gasteiger partial charge < -0.3 is 24.4 Å². The fraction of sp³-hybridized carbons (Fsp3) is 0.100. The molecule has 228 valence electrons. The highest BCUT2D eigenvalue weighted by molar-refractivity contribution is 8.09. The summed E-state index contributed by atoms with van der Waals surface area (Å²) in [6, 6.07) is 44.5. The summed E-state index contributed by atoms with van der Waals surface area (Å²) in [5.74, 6) is 0. The van der Waals surface area contributed by atoms with Crippen LogP contribution in [0, 0.1) is 0 Å². The van der Waals surface area contributed by atoms with Gasteiger partial charge in [0.2, 0.25) is 0 Å². The van der Waals surface area contributed by atoms with Gasteiger partial charge in [0.25, 0.3) is 0 Å². The molecule has 47 heavy (non-hydrogen) atoms. The van der Waals surface area contributed by atoms with Gasteiger partial charge in [0.05, 0.1) is 39.6 Å². The van der Waals surface area contributed by atoms with Crippen LogP contribution in [0.3, 0.4) is 0 Å². The molecular formula is C40H32BN3O2S. The van der Waals surface area contributed by atoms with Gasteiger partial charge in [-0.05, 0) is 65.1 Å². The van der Waals surface area contributed by atoms with Gasteiger partial charge in [-0.3, -0.25) is 0 Å². The second-order valence-corrected chi connectivity index (χ2v) is 13.8. The van der Waals surface area contributed by atoms with Crippen LogP contribution in [-0.4, -0.2) is 45.2 Å². The van der Waals surface area contributed by atoms with Crippen molar-refractivity contribution >= 4 is 62.6 Å². The molecule has 9 rings (SSSR count). The smallest absolute Gasteiger partial charge is 0.423 e. The lowest BCUT2D eigenvalue weighted by Gasteiger charge is -2.55. The molecule has 0 bridgehead atoms. The Morgan fingerprint density at radius 3 is 1.94 bits per heavy atom. The Kier molecular flexibility index (Phi) is 6.68. The van der Waals surface area contributed by atoms with E-state index in [4.69, 9.17) is 0 Å². The number of fused-ring (bicyclic) bond motifs is 3. The molecule has 0 radical (unpaired) electrons. The van der Waals surface area contributed by atoms with Gasteiger partial charge in [0.15, 0.2) is 0 Å². The van der Waals surface area contributed by atoms with E-state index in [0.717, 1.165) is 39.6 Å². The number of thioether (sulfide) groups is 1. The molecule has 1 saturated heterocycles. The van der Waals surface area contributed by atoms with Gasteiger partial charge in [-0.2, -0.15) is 0 Å². The molecule has 6 aromatic rings. The molecule has 2 aliphatic heterocycles. The quantitative estimate of drug-likeness (QED) is 0.197. The Morgan fingerprint density at radius 2 is 1.26 bits per heavy atom. The summed E-state index contributed by atoms with van der Waals surface area (Å²) in [4.78, 5) is 5.06. The zero-order valence-corrected chi connectivity index (χ0v) is 26.4. The van der Waals surface area contributed by atoms with E-state index in [-0.39, 0.29) is 16.8 Å². The number of nitrogens with zero attached hydrogens (tertiary/aromatic N) is 3. The van der Waals surface area contributed by atoms with Crippen molar-refractivity contribution in [1.29, 1.82) is 0 Å². The van der Waals surface area contributed by atoms with Crippen molar-refractivity contribution in [2.75, 3.05) is 16.5 Å². The Morgan fingerprint density at radius 1 is 0.638 bits per heavy atom. The van der Waals surface area contributed by atoms with Crippen LogP contribution in [0.5, 0.6) is 0 Å². The van der Waals surface area contributed by atoms with Crippen LogP contribution < -0.4 is 15.3 Å². The van der Waals surface area contributed by atoms with E-state index in [1.54, 1.807) is 0 Å². The molecule has 2 N–H and O–H groups in total. The third-order valence-corrected chi connectivity index (χ3v) is 11.3. The molecule has 3 unspecified atom stereocenters. The van der Waals surface area contributed by atoms with E-state index < -0.39 is 7.12 Å². The summed E-state index contributed by atoms with van der Waals surface area (Å²) in [6.07, 6.45) is 11.6. The van der Waals surface area contributed by atoms with Gasteiger partial charge in [0, 0.05) is 22.1 Å². The van der Waals surface area contributed by atoms with Crippen LogP contribution in [-0.2, 0) is 0 Å². The highest BCUT2D eigenvalue weighted by Crippen LogP contribution is 2.56. The van der Waals surface area contributed by atoms with Gasteiger partial charge in [-0.25, -0.2) is 0 Å². The number of hydrogen-bond acceptors (Lipinski definition) is 5. The number of anilines is 2. The van der Waals surface area contributed by atoms with Gasteiger partial charge in [-0.1, -0.05) is 121 Å². The average molecular weight is 630 g/mol. The summed E-state index contributed by atoms with van der Waals surface area (Å²) in [7, 11) is -1.54. The van der Waals surface area contributed by atoms with E-state index in [0.29, 0.717) is 5.46 Å². The second-order valence-electron chi connectivity index (χ2n) is 12.4. The van der Waals surface area contributed by atoms with Crippen LogP contribution >= 0.6 is 11.8 Å². The maximum absolute atomic E-state index is 10.1. The summed E-state index contributed by atoms with van der Waals surface area (Å²) in [5, 5.41) is 23.5. The van der Waals surface area contributed by atoms with Crippen LogP contribution in [0.25, 0.3) is 38.0 Å². The van der Waals surface area contributed by atoms with Crippen LogP contribution in [0.1, 0.15) is 0 Å². The Labute approximate surface area is 278 Å². The lowest BCUT2D eigenvalue weighted by Crippen LogP contribution is -2.67. The SMILES string of the molecule is OB(O)c1ccc2c(c1)c1cc(-c3ccccc3)ccc1n2C1=CC2N(c3ccccc3)CN(c3ccccc3)C3C=CC=CC32S1. The first-order chi connectivity index (χ1) is 23.1. The highest BCUT2D eigenvalue weighted by Gasteiger charge is 2.56. The third kappa shape index (κ3) is 4.49. The van der Waals surface area contributed by atoms with E-state index in [1.165, 1.54) is 16.4 Å². The minimum atomic E-state index is -1.54. The fourth-order valence-electron chi connectivity index (χ4n) is 7.65. The van der Waals surface area contributed by atoms with E-state index in [2.05, 4.69) is 148 Å². The number of benzene rings is 5. The maximum atomic E-state index is 10.1. The second kappa shape index (κ2) is 11.1. The number of hydrogen-bond donors (Lipinski definition) is 2. The van der Waals surface area contributed by atoms with Crippen molar-refractivity contribution in [3.05, 3.63) is 158 Å². The first kappa shape index (κ1) is 28.3.